The predicted molar refractivity (Wildman–Crippen MR) is 83.0 cm³/mol. The first-order chi connectivity index (χ1) is 10.8. The molecule has 2 aromatic rings. The molecule has 0 aliphatic carbocycles. The Bertz CT molecular complexity index is 739. The molecule has 0 spiro atoms. The van der Waals surface area contributed by atoms with Gasteiger partial charge in [-0.1, -0.05) is 5.92 Å². The normalized spacial score (nSPS) is 10.6. The largest absolute Gasteiger partial charge is 0.389 e. The number of rotatable bonds is 3. The summed E-state index contributed by atoms with van der Waals surface area (Å²) in [5.74, 6) is 4.83. The Hall–Kier alpha value is -2.78. The number of aromatic nitrogens is 2. The molecule has 118 valence electrons. The second kappa shape index (κ2) is 6.99. The molecule has 0 aliphatic rings. The maximum absolute atomic E-state index is 12.7. The molecule has 0 aromatic carbocycles. The third kappa shape index (κ3) is 5.49. The first-order valence-electron chi connectivity index (χ1n) is 6.94. The van der Waals surface area contributed by atoms with Gasteiger partial charge in [-0.05, 0) is 44.0 Å². The lowest BCUT2D eigenvalue weighted by Crippen LogP contribution is -2.38. The minimum atomic E-state index is -0.983. The number of nitrogens with zero attached hydrogens (tertiary/aromatic N) is 2. The smallest absolute Gasteiger partial charge is 0.269 e. The van der Waals surface area contributed by atoms with E-state index in [1.165, 1.54) is 18.3 Å². The maximum atomic E-state index is 12.7. The Morgan fingerprint density at radius 1 is 1.22 bits per heavy atom. The van der Waals surface area contributed by atoms with Gasteiger partial charge >= 0.3 is 0 Å². The van der Waals surface area contributed by atoms with Crippen molar-refractivity contribution in [2.45, 2.75) is 19.4 Å². The molecular formula is C17H16FN3O2. The van der Waals surface area contributed by atoms with E-state index < -0.39 is 11.4 Å². The van der Waals surface area contributed by atoms with Crippen LogP contribution < -0.4 is 5.32 Å². The summed E-state index contributed by atoms with van der Waals surface area (Å²) in [5, 5.41) is 12.2. The number of amides is 1. The number of hydrogen-bond donors (Lipinski definition) is 2. The summed E-state index contributed by atoms with van der Waals surface area (Å²) in [6.07, 6.45) is 2.56. The summed E-state index contributed by atoms with van der Waals surface area (Å²) < 4.78 is 12.7. The Labute approximate surface area is 133 Å². The molecule has 2 aromatic heterocycles. The molecule has 5 nitrogen and oxygen atoms in total. The van der Waals surface area contributed by atoms with Gasteiger partial charge in [0.1, 0.15) is 17.2 Å². The van der Waals surface area contributed by atoms with Crippen LogP contribution in [0.25, 0.3) is 0 Å². The number of nitrogens with one attached hydrogen (secondary N) is 1. The van der Waals surface area contributed by atoms with Gasteiger partial charge in [0.15, 0.2) is 0 Å². The van der Waals surface area contributed by atoms with E-state index in [1.807, 2.05) is 0 Å². The predicted octanol–water partition coefficient (Wildman–Crippen LogP) is 1.52. The van der Waals surface area contributed by atoms with Crippen molar-refractivity contribution in [1.82, 2.24) is 15.3 Å². The molecule has 0 saturated heterocycles. The second-order valence-corrected chi connectivity index (χ2v) is 5.54. The number of aliphatic hydroxyl groups is 1. The van der Waals surface area contributed by atoms with Crippen molar-refractivity contribution in [3.63, 3.8) is 0 Å². The van der Waals surface area contributed by atoms with Crippen LogP contribution in [0.3, 0.4) is 0 Å². The Morgan fingerprint density at radius 2 is 2.00 bits per heavy atom. The minimum absolute atomic E-state index is 0.130. The maximum Gasteiger partial charge on any atom is 0.269 e. The van der Waals surface area contributed by atoms with E-state index in [1.54, 1.807) is 26.0 Å². The molecule has 0 bridgehead atoms. The van der Waals surface area contributed by atoms with Gasteiger partial charge in [0.05, 0.1) is 11.8 Å². The molecule has 6 heteroatoms. The highest BCUT2D eigenvalue weighted by Gasteiger charge is 2.15. The van der Waals surface area contributed by atoms with E-state index in [0.717, 1.165) is 6.20 Å². The fourth-order valence-electron chi connectivity index (χ4n) is 1.58. The van der Waals surface area contributed by atoms with Crippen LogP contribution in [0.15, 0.2) is 36.7 Å². The molecule has 0 aliphatic heterocycles. The van der Waals surface area contributed by atoms with Gasteiger partial charge in [-0.3, -0.25) is 4.79 Å². The summed E-state index contributed by atoms with van der Waals surface area (Å²) in [4.78, 5) is 19.7. The van der Waals surface area contributed by atoms with E-state index >= 15 is 0 Å². The Balaban J connectivity index is 2.02. The fourth-order valence-corrected chi connectivity index (χ4v) is 1.58. The zero-order chi connectivity index (χ0) is 16.9. The molecule has 0 radical (unpaired) electrons. The lowest BCUT2D eigenvalue weighted by molar-refractivity contribution is 0.0692. The molecule has 2 heterocycles. The van der Waals surface area contributed by atoms with E-state index in [4.69, 9.17) is 0 Å². The molecule has 0 unspecified atom stereocenters. The first-order valence-corrected chi connectivity index (χ1v) is 6.94. The van der Waals surface area contributed by atoms with Crippen LogP contribution in [0, 0.1) is 17.7 Å². The van der Waals surface area contributed by atoms with E-state index in [0.29, 0.717) is 11.3 Å². The van der Waals surface area contributed by atoms with Crippen LogP contribution in [-0.2, 0) is 0 Å². The topological polar surface area (TPSA) is 75.1 Å². The quantitative estimate of drug-likeness (QED) is 0.843. The molecular weight excluding hydrogens is 297 g/mol. The molecule has 1 amide bonds. The van der Waals surface area contributed by atoms with Crippen molar-refractivity contribution >= 4 is 5.91 Å². The van der Waals surface area contributed by atoms with Crippen molar-refractivity contribution in [2.24, 2.45) is 0 Å². The number of pyridine rings is 2. The standard InChI is InChI=1S/C17H16FN3O2/c1-17(2,23)11-21-16(22)15-8-4-12(9-20-15)3-6-14-7-5-13(18)10-19-14/h4-5,7-10,23H,11H2,1-2H3,(H,21,22). The highest BCUT2D eigenvalue weighted by Crippen LogP contribution is 2.02. The molecule has 0 fully saturated rings. The van der Waals surface area contributed by atoms with Gasteiger partial charge in [0, 0.05) is 18.3 Å². The summed E-state index contributed by atoms with van der Waals surface area (Å²) in [6.45, 7) is 3.33. The van der Waals surface area contributed by atoms with Gasteiger partial charge in [-0.15, -0.1) is 0 Å². The van der Waals surface area contributed by atoms with Crippen LogP contribution in [-0.4, -0.2) is 33.1 Å². The summed E-state index contributed by atoms with van der Waals surface area (Å²) in [5.41, 5.74) is 0.303. The van der Waals surface area contributed by atoms with Crippen LogP contribution >= 0.6 is 0 Å². The lowest BCUT2D eigenvalue weighted by atomic mass is 10.1. The van der Waals surface area contributed by atoms with Crippen molar-refractivity contribution < 1.29 is 14.3 Å². The number of carbonyl (C=O) groups excluding carboxylic acids is 1. The van der Waals surface area contributed by atoms with Gasteiger partial charge in [-0.25, -0.2) is 14.4 Å². The molecule has 2 rings (SSSR count). The zero-order valence-corrected chi connectivity index (χ0v) is 12.8. The number of hydrogen-bond acceptors (Lipinski definition) is 4. The van der Waals surface area contributed by atoms with Gasteiger partial charge in [-0.2, -0.15) is 0 Å². The molecule has 2 N–H and O–H groups in total. The van der Waals surface area contributed by atoms with Crippen molar-refractivity contribution in [1.29, 1.82) is 0 Å². The highest BCUT2D eigenvalue weighted by atomic mass is 19.1. The molecule has 0 atom stereocenters. The zero-order valence-electron chi connectivity index (χ0n) is 12.8. The van der Waals surface area contributed by atoms with Crippen LogP contribution in [0.5, 0.6) is 0 Å². The van der Waals surface area contributed by atoms with Gasteiger partial charge < -0.3 is 10.4 Å². The van der Waals surface area contributed by atoms with Gasteiger partial charge in [0.25, 0.3) is 5.91 Å². The average molecular weight is 313 g/mol. The van der Waals surface area contributed by atoms with Crippen molar-refractivity contribution in [2.75, 3.05) is 6.54 Å². The van der Waals surface area contributed by atoms with E-state index in [9.17, 15) is 14.3 Å². The van der Waals surface area contributed by atoms with Crippen LogP contribution in [0.1, 0.15) is 35.6 Å². The van der Waals surface area contributed by atoms with E-state index in [2.05, 4.69) is 27.1 Å². The average Bonchev–Trinajstić information content (AvgIpc) is 2.52. The van der Waals surface area contributed by atoms with Crippen LogP contribution in [0.2, 0.25) is 0 Å². The SMILES string of the molecule is CC(C)(O)CNC(=O)c1ccc(C#Cc2ccc(F)cn2)cn1. The summed E-state index contributed by atoms with van der Waals surface area (Å²) in [7, 11) is 0. The third-order valence-corrected chi connectivity index (χ3v) is 2.74. The monoisotopic (exact) mass is 313 g/mol. The van der Waals surface area contributed by atoms with Crippen LogP contribution in [0.4, 0.5) is 4.39 Å². The van der Waals surface area contributed by atoms with Crippen molar-refractivity contribution in [3.05, 3.63) is 59.4 Å². The minimum Gasteiger partial charge on any atom is -0.389 e. The Morgan fingerprint density at radius 3 is 2.57 bits per heavy atom. The number of carbonyl (C=O) groups is 1. The lowest BCUT2D eigenvalue weighted by Gasteiger charge is -2.17. The number of halogens is 1. The summed E-state index contributed by atoms with van der Waals surface area (Å²) in [6, 6.07) is 5.96. The van der Waals surface area contributed by atoms with Crippen molar-refractivity contribution in [3.8, 4) is 11.8 Å². The second-order valence-electron chi connectivity index (χ2n) is 5.54. The molecule has 23 heavy (non-hydrogen) atoms. The Kier molecular flexibility index (Phi) is 5.04. The highest BCUT2D eigenvalue weighted by molar-refractivity contribution is 5.92. The van der Waals surface area contributed by atoms with E-state index in [-0.39, 0.29) is 18.1 Å². The fraction of sp³-hybridized carbons (Fsp3) is 0.235. The molecule has 0 saturated carbocycles. The first kappa shape index (κ1) is 16.6. The summed E-state index contributed by atoms with van der Waals surface area (Å²) >= 11 is 0. The van der Waals surface area contributed by atoms with Gasteiger partial charge in [0.2, 0.25) is 0 Å². The third-order valence-electron chi connectivity index (χ3n) is 2.74.